The molecule has 0 radical (unpaired) electrons. The molecular weight excluding hydrogens is 538 g/mol. The second kappa shape index (κ2) is 11.4. The van der Waals surface area contributed by atoms with Crippen molar-refractivity contribution in [1.29, 1.82) is 0 Å². The van der Waals surface area contributed by atoms with Crippen molar-refractivity contribution in [2.45, 2.75) is 37.1 Å². The summed E-state index contributed by atoms with van der Waals surface area (Å²) in [6.07, 6.45) is 5.73. The summed E-state index contributed by atoms with van der Waals surface area (Å²) in [6, 6.07) is 0.672. The maximum Gasteiger partial charge on any atom is 0.267 e. The summed E-state index contributed by atoms with van der Waals surface area (Å²) in [6.45, 7) is 3.54. The molecule has 16 heteroatoms. The van der Waals surface area contributed by atoms with Crippen molar-refractivity contribution in [2.24, 2.45) is 0 Å². The van der Waals surface area contributed by atoms with Gasteiger partial charge in [-0.15, -0.1) is 0 Å². The Balaban J connectivity index is 1.28. The standard InChI is InChI=1S/C25H32F2N12O2/c1-41-11-10-37-6-8-38(9-7-37)23-32-22(31-19-12-17(35-36-19)16-2-3-16)33-24(34-23)39-15-25(26,27)13-18(39)21(40)30-20-14-28-4-5-29-20/h4-5,12,14,16,18H,2-3,6-11,13,15H2,1H3,(H,29,30,40)(H2,31,32,33,34,35,36)/t18-/m0/s1. The Labute approximate surface area is 234 Å². The second-order valence-electron chi connectivity index (χ2n) is 10.5. The van der Waals surface area contributed by atoms with Crippen LogP contribution < -0.4 is 20.4 Å². The molecule has 41 heavy (non-hydrogen) atoms. The highest BCUT2D eigenvalue weighted by molar-refractivity contribution is 5.96. The molecule has 3 fully saturated rings. The van der Waals surface area contributed by atoms with Gasteiger partial charge in [0.2, 0.25) is 23.8 Å². The molecule has 218 valence electrons. The van der Waals surface area contributed by atoms with Gasteiger partial charge in [0.05, 0.1) is 25.0 Å². The molecule has 1 saturated carbocycles. The Hall–Kier alpha value is -4.05. The van der Waals surface area contributed by atoms with Crippen LogP contribution in [-0.2, 0) is 9.53 Å². The van der Waals surface area contributed by atoms with Crippen molar-refractivity contribution in [3.8, 4) is 0 Å². The predicted molar refractivity (Wildman–Crippen MR) is 146 cm³/mol. The van der Waals surface area contributed by atoms with E-state index in [1.54, 1.807) is 7.11 Å². The quantitative estimate of drug-likeness (QED) is 0.325. The van der Waals surface area contributed by atoms with Crippen molar-refractivity contribution < 1.29 is 18.3 Å². The van der Waals surface area contributed by atoms with Gasteiger partial charge in [-0.1, -0.05) is 0 Å². The second-order valence-corrected chi connectivity index (χ2v) is 10.5. The number of aromatic nitrogens is 7. The number of hydrogen-bond donors (Lipinski definition) is 3. The molecule has 5 heterocycles. The third-order valence-electron chi connectivity index (χ3n) is 7.36. The zero-order valence-corrected chi connectivity index (χ0v) is 22.6. The highest BCUT2D eigenvalue weighted by atomic mass is 19.3. The fraction of sp³-hybridized carbons (Fsp3) is 0.560. The fourth-order valence-electron chi connectivity index (χ4n) is 5.02. The van der Waals surface area contributed by atoms with Crippen molar-refractivity contribution in [1.82, 2.24) is 40.0 Å². The predicted octanol–water partition coefficient (Wildman–Crippen LogP) is 1.63. The molecule has 0 bridgehead atoms. The number of rotatable bonds is 10. The summed E-state index contributed by atoms with van der Waals surface area (Å²) < 4.78 is 34.8. The molecule has 1 amide bonds. The van der Waals surface area contributed by atoms with Crippen LogP contribution in [0.3, 0.4) is 0 Å². The normalized spacial score (nSPS) is 20.8. The van der Waals surface area contributed by atoms with E-state index in [4.69, 9.17) is 4.74 Å². The first-order valence-electron chi connectivity index (χ1n) is 13.6. The molecule has 2 saturated heterocycles. The van der Waals surface area contributed by atoms with Gasteiger partial charge in [0, 0.05) is 70.6 Å². The number of alkyl halides is 2. The van der Waals surface area contributed by atoms with Gasteiger partial charge in [-0.05, 0) is 12.8 Å². The number of amides is 1. The molecule has 3 N–H and O–H groups in total. The Morgan fingerprint density at radius 2 is 1.95 bits per heavy atom. The molecule has 3 aromatic rings. The van der Waals surface area contributed by atoms with Crippen molar-refractivity contribution in [3.63, 3.8) is 0 Å². The molecule has 6 rings (SSSR count). The van der Waals surface area contributed by atoms with Gasteiger partial charge in [-0.25, -0.2) is 13.8 Å². The van der Waals surface area contributed by atoms with E-state index < -0.39 is 30.8 Å². The van der Waals surface area contributed by atoms with Gasteiger partial charge in [-0.2, -0.15) is 20.1 Å². The van der Waals surface area contributed by atoms with Gasteiger partial charge in [0.1, 0.15) is 11.9 Å². The summed E-state index contributed by atoms with van der Waals surface area (Å²) in [5.41, 5.74) is 0.953. The summed E-state index contributed by atoms with van der Waals surface area (Å²) >= 11 is 0. The Kier molecular flexibility index (Phi) is 7.57. The first-order valence-corrected chi connectivity index (χ1v) is 13.6. The maximum absolute atomic E-state index is 14.8. The van der Waals surface area contributed by atoms with E-state index in [2.05, 4.69) is 50.7 Å². The van der Waals surface area contributed by atoms with Crippen LogP contribution in [0.5, 0.6) is 0 Å². The van der Waals surface area contributed by atoms with E-state index in [1.165, 1.54) is 23.5 Å². The minimum atomic E-state index is -3.12. The zero-order chi connectivity index (χ0) is 28.4. The third-order valence-corrected chi connectivity index (χ3v) is 7.36. The zero-order valence-electron chi connectivity index (χ0n) is 22.6. The number of carbonyl (C=O) groups is 1. The van der Waals surface area contributed by atoms with Crippen LogP contribution >= 0.6 is 0 Å². The van der Waals surface area contributed by atoms with Crippen LogP contribution in [0, 0.1) is 0 Å². The van der Waals surface area contributed by atoms with Crippen molar-refractivity contribution in [2.75, 3.05) is 73.4 Å². The third kappa shape index (κ3) is 6.48. The lowest BCUT2D eigenvalue weighted by Crippen LogP contribution is -2.48. The monoisotopic (exact) mass is 570 g/mol. The molecule has 0 aromatic carbocycles. The van der Waals surface area contributed by atoms with Crippen LogP contribution in [0.4, 0.5) is 38.3 Å². The van der Waals surface area contributed by atoms with E-state index in [-0.39, 0.29) is 17.7 Å². The topological polar surface area (TPSA) is 153 Å². The molecule has 1 atom stereocenters. The summed E-state index contributed by atoms with van der Waals surface area (Å²) in [7, 11) is 1.67. The number of H-pyrrole nitrogens is 1. The molecule has 3 aromatic heterocycles. The van der Waals surface area contributed by atoms with Gasteiger partial charge in [0.25, 0.3) is 5.92 Å². The largest absolute Gasteiger partial charge is 0.383 e. The summed E-state index contributed by atoms with van der Waals surface area (Å²) in [5, 5.41) is 13.0. The van der Waals surface area contributed by atoms with E-state index in [9.17, 15) is 13.6 Å². The van der Waals surface area contributed by atoms with Gasteiger partial charge >= 0.3 is 0 Å². The Bertz CT molecular complexity index is 1350. The fourth-order valence-corrected chi connectivity index (χ4v) is 5.02. The average Bonchev–Trinajstić information content (AvgIpc) is 3.63. The number of ether oxygens (including phenoxy) is 1. The first kappa shape index (κ1) is 27.1. The number of aromatic amines is 1. The average molecular weight is 571 g/mol. The van der Waals surface area contributed by atoms with Crippen molar-refractivity contribution in [3.05, 3.63) is 30.4 Å². The van der Waals surface area contributed by atoms with Crippen molar-refractivity contribution >= 4 is 35.4 Å². The number of halogens is 2. The lowest BCUT2D eigenvalue weighted by molar-refractivity contribution is -0.118. The number of piperazine rings is 1. The number of methoxy groups -OCH3 is 1. The highest BCUT2D eigenvalue weighted by Crippen LogP contribution is 2.40. The number of nitrogens with zero attached hydrogens (tertiary/aromatic N) is 9. The molecule has 14 nitrogen and oxygen atoms in total. The lowest BCUT2D eigenvalue weighted by Gasteiger charge is -2.35. The van der Waals surface area contributed by atoms with Gasteiger partial charge < -0.3 is 25.2 Å². The number of anilines is 5. The van der Waals surface area contributed by atoms with E-state index in [0.717, 1.165) is 38.2 Å². The number of carbonyl (C=O) groups excluding carboxylic acids is 1. The maximum atomic E-state index is 14.8. The van der Waals surface area contributed by atoms with E-state index in [0.29, 0.717) is 37.4 Å². The molecule has 0 spiro atoms. The Morgan fingerprint density at radius 3 is 2.68 bits per heavy atom. The van der Waals surface area contributed by atoms with Crippen LogP contribution in [0.2, 0.25) is 0 Å². The van der Waals surface area contributed by atoms with Crippen LogP contribution in [0.15, 0.2) is 24.7 Å². The minimum absolute atomic E-state index is 0.0160. The SMILES string of the molecule is COCCN1CCN(c2nc(Nc3cc(C4CC4)n[nH]3)nc(N3CC(F)(F)C[C@H]3C(=O)Nc3cnccn3)n2)CC1. The van der Waals surface area contributed by atoms with Crippen LogP contribution in [0.1, 0.15) is 30.9 Å². The molecular formula is C25H32F2N12O2. The highest BCUT2D eigenvalue weighted by Gasteiger charge is 2.49. The molecule has 2 aliphatic heterocycles. The molecule has 3 aliphatic rings. The number of nitrogens with one attached hydrogen (secondary N) is 3. The molecule has 1 aliphatic carbocycles. The van der Waals surface area contributed by atoms with E-state index in [1.807, 2.05) is 11.0 Å². The first-order chi connectivity index (χ1) is 19.9. The van der Waals surface area contributed by atoms with Crippen LogP contribution in [-0.4, -0.2) is 111 Å². The van der Waals surface area contributed by atoms with E-state index >= 15 is 0 Å². The number of hydrogen-bond acceptors (Lipinski definition) is 12. The smallest absolute Gasteiger partial charge is 0.267 e. The molecule has 0 unspecified atom stereocenters. The summed E-state index contributed by atoms with van der Waals surface area (Å²) in [4.78, 5) is 40.3. The van der Waals surface area contributed by atoms with Gasteiger partial charge in [-0.3, -0.25) is 19.8 Å². The Morgan fingerprint density at radius 1 is 1.15 bits per heavy atom. The summed E-state index contributed by atoms with van der Waals surface area (Å²) in [5.74, 6) is -2.07. The lowest BCUT2D eigenvalue weighted by atomic mass is 10.2. The van der Waals surface area contributed by atoms with Gasteiger partial charge in [0.15, 0.2) is 5.82 Å². The van der Waals surface area contributed by atoms with Crippen LogP contribution in [0.25, 0.3) is 0 Å². The minimum Gasteiger partial charge on any atom is -0.383 e.